The van der Waals surface area contributed by atoms with Crippen molar-refractivity contribution in [2.24, 2.45) is 5.92 Å². The molecule has 2 rings (SSSR count). The van der Waals surface area contributed by atoms with Crippen molar-refractivity contribution in [1.29, 1.82) is 0 Å². The lowest BCUT2D eigenvalue weighted by atomic mass is 9.98. The Morgan fingerprint density at radius 2 is 2.10 bits per heavy atom. The van der Waals surface area contributed by atoms with E-state index in [1.165, 1.54) is 12.6 Å². The van der Waals surface area contributed by atoms with Crippen LogP contribution in [0.4, 0.5) is 5.82 Å². The molecule has 0 aromatic carbocycles. The number of rotatable bonds is 6. The Morgan fingerprint density at radius 3 is 2.71 bits per heavy atom. The van der Waals surface area contributed by atoms with E-state index in [9.17, 15) is 8.42 Å². The maximum Gasteiger partial charge on any atom is 0.218 e. The van der Waals surface area contributed by atoms with E-state index in [-0.39, 0.29) is 0 Å². The van der Waals surface area contributed by atoms with Gasteiger partial charge in [0.1, 0.15) is 12.1 Å². The molecule has 2 heterocycles. The Labute approximate surface area is 125 Å². The Bertz CT molecular complexity index is 556. The summed E-state index contributed by atoms with van der Waals surface area (Å²) in [5, 5.41) is 3.27. The van der Waals surface area contributed by atoms with Crippen molar-refractivity contribution in [1.82, 2.24) is 14.3 Å². The first-order valence-electron chi connectivity index (χ1n) is 7.13. The third-order valence-corrected chi connectivity index (χ3v) is 4.85. The average molecular weight is 314 g/mol. The molecule has 0 amide bonds. The van der Waals surface area contributed by atoms with Gasteiger partial charge in [-0.3, -0.25) is 0 Å². The molecule has 1 aromatic heterocycles. The van der Waals surface area contributed by atoms with Crippen LogP contribution >= 0.6 is 0 Å². The molecule has 7 nitrogen and oxygen atoms in total. The van der Waals surface area contributed by atoms with Crippen molar-refractivity contribution >= 4 is 15.8 Å². The van der Waals surface area contributed by atoms with Crippen LogP contribution in [-0.4, -0.2) is 55.2 Å². The van der Waals surface area contributed by atoms with Crippen molar-refractivity contribution in [3.8, 4) is 5.88 Å². The van der Waals surface area contributed by atoms with Crippen LogP contribution in [0, 0.1) is 5.92 Å². The first kappa shape index (κ1) is 16.0. The Hall–Kier alpha value is -1.41. The van der Waals surface area contributed by atoms with Crippen LogP contribution in [0.25, 0.3) is 0 Å². The van der Waals surface area contributed by atoms with Gasteiger partial charge < -0.3 is 10.1 Å². The second-order valence-corrected chi connectivity index (χ2v) is 7.14. The van der Waals surface area contributed by atoms with Crippen LogP contribution in [0.3, 0.4) is 0 Å². The summed E-state index contributed by atoms with van der Waals surface area (Å²) in [6.45, 7) is 4.45. The summed E-state index contributed by atoms with van der Waals surface area (Å²) < 4.78 is 29.8. The van der Waals surface area contributed by atoms with Crippen LogP contribution in [0.1, 0.15) is 19.8 Å². The van der Waals surface area contributed by atoms with Crippen molar-refractivity contribution in [3.05, 3.63) is 12.4 Å². The fraction of sp³-hybridized carbons (Fsp3) is 0.692. The Balaban J connectivity index is 1.81. The molecule has 1 aliphatic rings. The smallest absolute Gasteiger partial charge is 0.218 e. The van der Waals surface area contributed by atoms with E-state index in [0.29, 0.717) is 31.5 Å². The molecule has 0 radical (unpaired) electrons. The number of ether oxygens (including phenoxy) is 1. The molecule has 1 aliphatic heterocycles. The van der Waals surface area contributed by atoms with Crippen LogP contribution in [0.5, 0.6) is 5.88 Å². The highest BCUT2D eigenvalue weighted by molar-refractivity contribution is 7.88. The quantitative estimate of drug-likeness (QED) is 0.842. The summed E-state index contributed by atoms with van der Waals surface area (Å²) >= 11 is 0. The predicted octanol–water partition coefficient (Wildman–Crippen LogP) is 0.959. The molecule has 0 atom stereocenters. The molecule has 0 bridgehead atoms. The number of piperidine rings is 1. The fourth-order valence-corrected chi connectivity index (χ4v) is 3.23. The zero-order chi connectivity index (χ0) is 15.3. The lowest BCUT2D eigenvalue weighted by Gasteiger charge is -2.30. The van der Waals surface area contributed by atoms with Gasteiger partial charge in [-0.2, -0.15) is 0 Å². The number of hydrogen-bond donors (Lipinski definition) is 1. The number of hydrogen-bond acceptors (Lipinski definition) is 6. The molecule has 1 aromatic rings. The van der Waals surface area contributed by atoms with Crippen LogP contribution in [-0.2, 0) is 10.0 Å². The zero-order valence-electron chi connectivity index (χ0n) is 12.4. The van der Waals surface area contributed by atoms with Crippen LogP contribution in [0.2, 0.25) is 0 Å². The summed E-state index contributed by atoms with van der Waals surface area (Å²) in [7, 11) is -3.05. The minimum atomic E-state index is -3.05. The lowest BCUT2D eigenvalue weighted by molar-refractivity contribution is 0.283. The molecule has 0 spiro atoms. The standard InChI is InChI=1S/C13H22N4O3S/c1-3-20-13-8-12(15-10-16-13)14-9-11-4-6-17(7-5-11)21(2,18)19/h8,10-11H,3-7,9H2,1-2H3,(H,14,15,16). The number of nitrogens with zero attached hydrogens (tertiary/aromatic N) is 3. The van der Waals surface area contributed by atoms with Gasteiger partial charge in [-0.05, 0) is 25.7 Å². The Morgan fingerprint density at radius 1 is 1.38 bits per heavy atom. The van der Waals surface area contributed by atoms with E-state index in [1.54, 1.807) is 10.4 Å². The highest BCUT2D eigenvalue weighted by Gasteiger charge is 2.24. The van der Waals surface area contributed by atoms with Gasteiger partial charge in [-0.1, -0.05) is 0 Å². The second kappa shape index (κ2) is 7.04. The van der Waals surface area contributed by atoms with E-state index in [1.807, 2.05) is 6.92 Å². The number of aromatic nitrogens is 2. The van der Waals surface area contributed by atoms with E-state index in [4.69, 9.17) is 4.74 Å². The molecule has 118 valence electrons. The Kier molecular flexibility index (Phi) is 5.35. The third kappa shape index (κ3) is 4.82. The molecule has 8 heteroatoms. The van der Waals surface area contributed by atoms with Crippen molar-refractivity contribution < 1.29 is 13.2 Å². The third-order valence-electron chi connectivity index (χ3n) is 3.55. The summed E-state index contributed by atoms with van der Waals surface area (Å²) in [5.41, 5.74) is 0. The molecule has 21 heavy (non-hydrogen) atoms. The SMILES string of the molecule is CCOc1cc(NCC2CCN(S(C)(=O)=O)CC2)ncn1. The van der Waals surface area contributed by atoms with Gasteiger partial charge in [0.2, 0.25) is 15.9 Å². The molecule has 1 saturated heterocycles. The largest absolute Gasteiger partial charge is 0.478 e. The lowest BCUT2D eigenvalue weighted by Crippen LogP contribution is -2.39. The molecule has 0 aliphatic carbocycles. The van der Waals surface area contributed by atoms with Crippen LogP contribution in [0.15, 0.2) is 12.4 Å². The topological polar surface area (TPSA) is 84.4 Å². The van der Waals surface area contributed by atoms with Crippen molar-refractivity contribution in [2.45, 2.75) is 19.8 Å². The average Bonchev–Trinajstić information content (AvgIpc) is 2.45. The van der Waals surface area contributed by atoms with E-state index < -0.39 is 10.0 Å². The predicted molar refractivity (Wildman–Crippen MR) is 80.8 cm³/mol. The van der Waals surface area contributed by atoms with Gasteiger partial charge in [0.25, 0.3) is 0 Å². The number of nitrogens with one attached hydrogen (secondary N) is 1. The molecule has 0 unspecified atom stereocenters. The number of anilines is 1. The minimum absolute atomic E-state index is 0.452. The van der Waals surface area contributed by atoms with Crippen LogP contribution < -0.4 is 10.1 Å². The summed E-state index contributed by atoms with van der Waals surface area (Å²) in [6.07, 6.45) is 4.47. The maximum atomic E-state index is 11.5. The first-order valence-corrected chi connectivity index (χ1v) is 8.97. The molecular formula is C13H22N4O3S. The molecule has 0 saturated carbocycles. The van der Waals surface area contributed by atoms with Gasteiger partial charge in [-0.15, -0.1) is 0 Å². The first-order chi connectivity index (χ1) is 9.99. The summed E-state index contributed by atoms with van der Waals surface area (Å²) in [6, 6.07) is 1.77. The van der Waals surface area contributed by atoms with E-state index in [0.717, 1.165) is 25.2 Å². The number of sulfonamides is 1. The monoisotopic (exact) mass is 314 g/mol. The summed E-state index contributed by atoms with van der Waals surface area (Å²) in [5.74, 6) is 1.74. The minimum Gasteiger partial charge on any atom is -0.478 e. The molecule has 1 N–H and O–H groups in total. The normalized spacial score (nSPS) is 17.6. The van der Waals surface area contributed by atoms with Gasteiger partial charge in [0, 0.05) is 25.7 Å². The van der Waals surface area contributed by atoms with Crippen molar-refractivity contribution in [3.63, 3.8) is 0 Å². The van der Waals surface area contributed by atoms with Gasteiger partial charge in [0.15, 0.2) is 0 Å². The fourth-order valence-electron chi connectivity index (χ4n) is 2.36. The van der Waals surface area contributed by atoms with E-state index in [2.05, 4.69) is 15.3 Å². The van der Waals surface area contributed by atoms with Gasteiger partial charge in [-0.25, -0.2) is 22.7 Å². The summed E-state index contributed by atoms with van der Waals surface area (Å²) in [4.78, 5) is 8.17. The maximum absolute atomic E-state index is 11.5. The molecular weight excluding hydrogens is 292 g/mol. The molecule has 1 fully saturated rings. The zero-order valence-corrected chi connectivity index (χ0v) is 13.3. The highest BCUT2D eigenvalue weighted by Crippen LogP contribution is 2.20. The van der Waals surface area contributed by atoms with Crippen molar-refractivity contribution in [2.75, 3.05) is 37.8 Å². The highest BCUT2D eigenvalue weighted by atomic mass is 32.2. The van der Waals surface area contributed by atoms with Gasteiger partial charge in [0.05, 0.1) is 12.9 Å². The second-order valence-electron chi connectivity index (χ2n) is 5.16. The van der Waals surface area contributed by atoms with Gasteiger partial charge >= 0.3 is 0 Å². The van der Waals surface area contributed by atoms with E-state index >= 15 is 0 Å².